The Bertz CT molecular complexity index is 558. The maximum absolute atomic E-state index is 4.55. The molecule has 0 atom stereocenters. The van der Waals surface area contributed by atoms with E-state index < -0.39 is 0 Å². The number of fused-ring (bicyclic) bond motifs is 1. The lowest BCUT2D eigenvalue weighted by atomic mass is 10.1. The predicted octanol–water partition coefficient (Wildman–Crippen LogP) is 3.69. The molecule has 0 saturated carbocycles. The van der Waals surface area contributed by atoms with Crippen molar-refractivity contribution in [2.24, 2.45) is 0 Å². The van der Waals surface area contributed by atoms with Crippen molar-refractivity contribution in [1.29, 1.82) is 0 Å². The number of nitrogens with zero attached hydrogens (tertiary/aromatic N) is 1. The number of hydrogen-bond donors (Lipinski definition) is 0. The van der Waals surface area contributed by atoms with Crippen molar-refractivity contribution >= 4 is 10.9 Å². The van der Waals surface area contributed by atoms with Gasteiger partial charge in [-0.1, -0.05) is 37.0 Å². The van der Waals surface area contributed by atoms with Gasteiger partial charge in [0.15, 0.2) is 0 Å². The lowest BCUT2D eigenvalue weighted by molar-refractivity contribution is 0.983. The number of aryl methyl sites for hydroxylation is 1. The normalized spacial score (nSPS) is 9.88. The average Bonchev–Trinajstić information content (AvgIpc) is 2.30. The quantitative estimate of drug-likeness (QED) is 0.653. The Kier molecular flexibility index (Phi) is 3.22. The number of aromatic nitrogens is 1. The van der Waals surface area contributed by atoms with Gasteiger partial charge in [-0.05, 0) is 25.5 Å². The lowest BCUT2D eigenvalue weighted by Gasteiger charge is -2.01. The average molecular weight is 209 g/mol. The molecular weight excluding hydrogens is 194 g/mol. The minimum atomic E-state index is 0.951. The van der Waals surface area contributed by atoms with E-state index in [1.807, 2.05) is 25.1 Å². The first-order valence-electron chi connectivity index (χ1n) is 5.66. The van der Waals surface area contributed by atoms with Crippen molar-refractivity contribution in [2.45, 2.75) is 26.7 Å². The summed E-state index contributed by atoms with van der Waals surface area (Å²) in [4.78, 5) is 4.55. The van der Waals surface area contributed by atoms with E-state index in [9.17, 15) is 0 Å². The molecule has 0 aliphatic heterocycles. The van der Waals surface area contributed by atoms with Crippen molar-refractivity contribution < 1.29 is 0 Å². The lowest BCUT2D eigenvalue weighted by Crippen LogP contribution is -1.89. The van der Waals surface area contributed by atoms with Crippen molar-refractivity contribution in [3.05, 3.63) is 41.6 Å². The van der Waals surface area contributed by atoms with Gasteiger partial charge in [-0.2, -0.15) is 0 Å². The second-order valence-electron chi connectivity index (χ2n) is 3.87. The maximum Gasteiger partial charge on any atom is 0.0706 e. The Balaban J connectivity index is 2.47. The Morgan fingerprint density at radius 3 is 2.88 bits per heavy atom. The molecule has 80 valence electrons. The summed E-state index contributed by atoms with van der Waals surface area (Å²) < 4.78 is 0. The molecule has 0 radical (unpaired) electrons. The van der Waals surface area contributed by atoms with Gasteiger partial charge in [0.05, 0.1) is 11.2 Å². The smallest absolute Gasteiger partial charge is 0.0706 e. The van der Waals surface area contributed by atoms with Crippen LogP contribution in [-0.4, -0.2) is 4.98 Å². The number of hydrogen-bond acceptors (Lipinski definition) is 1. The predicted molar refractivity (Wildman–Crippen MR) is 68.3 cm³/mol. The van der Waals surface area contributed by atoms with E-state index in [0.29, 0.717) is 0 Å². The Morgan fingerprint density at radius 1 is 1.25 bits per heavy atom. The van der Waals surface area contributed by atoms with Crippen LogP contribution in [0.25, 0.3) is 10.9 Å². The molecule has 2 rings (SSSR count). The second kappa shape index (κ2) is 4.81. The first kappa shape index (κ1) is 10.7. The largest absolute Gasteiger partial charge is 0.252 e. The molecule has 0 saturated heterocycles. The third-order valence-corrected chi connectivity index (χ3v) is 2.51. The molecule has 1 nitrogen and oxygen atoms in total. The van der Waals surface area contributed by atoms with Crippen LogP contribution in [0, 0.1) is 18.8 Å². The van der Waals surface area contributed by atoms with Crippen LogP contribution >= 0.6 is 0 Å². The Labute approximate surface area is 96.5 Å². The molecule has 1 aromatic heterocycles. The number of benzene rings is 1. The molecule has 1 heterocycles. The first-order valence-corrected chi connectivity index (χ1v) is 5.66. The van der Waals surface area contributed by atoms with Crippen LogP contribution in [0.15, 0.2) is 30.3 Å². The number of rotatable bonds is 1. The minimum absolute atomic E-state index is 0.951. The standard InChI is InChI=1S/C15H15N/c1-3-4-5-8-13-11-14-9-6-7-10-15(14)16-12(13)2/h6-7,9-11H,3-4H2,1-2H3. The van der Waals surface area contributed by atoms with E-state index in [-0.39, 0.29) is 0 Å². The van der Waals surface area contributed by atoms with E-state index in [1.165, 1.54) is 0 Å². The molecule has 0 aliphatic carbocycles. The summed E-state index contributed by atoms with van der Waals surface area (Å²) in [7, 11) is 0. The summed E-state index contributed by atoms with van der Waals surface area (Å²) in [6, 6.07) is 10.3. The fourth-order valence-corrected chi connectivity index (χ4v) is 1.62. The molecular formula is C15H15N. The zero-order valence-electron chi connectivity index (χ0n) is 9.75. The van der Waals surface area contributed by atoms with Gasteiger partial charge in [-0.3, -0.25) is 4.98 Å². The number of unbranched alkanes of at least 4 members (excludes halogenated alkanes) is 1. The summed E-state index contributed by atoms with van der Waals surface area (Å²) >= 11 is 0. The van der Waals surface area contributed by atoms with Crippen molar-refractivity contribution in [2.75, 3.05) is 0 Å². The van der Waals surface area contributed by atoms with Crippen molar-refractivity contribution in [3.63, 3.8) is 0 Å². The van der Waals surface area contributed by atoms with Gasteiger partial charge in [0.2, 0.25) is 0 Å². The highest BCUT2D eigenvalue weighted by Crippen LogP contribution is 2.15. The van der Waals surface area contributed by atoms with Crippen LogP contribution in [0.3, 0.4) is 0 Å². The SMILES string of the molecule is CCCC#Cc1cc2ccccc2nc1C. The van der Waals surface area contributed by atoms with Gasteiger partial charge < -0.3 is 0 Å². The highest BCUT2D eigenvalue weighted by Gasteiger charge is 1.99. The topological polar surface area (TPSA) is 12.9 Å². The van der Waals surface area contributed by atoms with Crippen molar-refractivity contribution in [3.8, 4) is 11.8 Å². The van der Waals surface area contributed by atoms with Crippen LogP contribution in [-0.2, 0) is 0 Å². The van der Waals surface area contributed by atoms with E-state index >= 15 is 0 Å². The number of para-hydroxylation sites is 1. The summed E-state index contributed by atoms with van der Waals surface area (Å²) in [6.45, 7) is 4.16. The summed E-state index contributed by atoms with van der Waals surface area (Å²) in [5.41, 5.74) is 3.11. The van der Waals surface area contributed by atoms with Gasteiger partial charge >= 0.3 is 0 Å². The highest BCUT2D eigenvalue weighted by atomic mass is 14.7. The summed E-state index contributed by atoms with van der Waals surface area (Å²) in [6.07, 6.45) is 2.05. The van der Waals surface area contributed by atoms with E-state index in [0.717, 1.165) is 35.0 Å². The van der Waals surface area contributed by atoms with E-state index in [2.05, 4.69) is 35.9 Å². The second-order valence-corrected chi connectivity index (χ2v) is 3.87. The summed E-state index contributed by atoms with van der Waals surface area (Å²) in [5.74, 6) is 6.36. The Morgan fingerprint density at radius 2 is 2.06 bits per heavy atom. The van der Waals surface area contributed by atoms with Crippen LogP contribution in [0.4, 0.5) is 0 Å². The van der Waals surface area contributed by atoms with Gasteiger partial charge in [0.1, 0.15) is 0 Å². The van der Waals surface area contributed by atoms with Gasteiger partial charge in [-0.25, -0.2) is 0 Å². The molecule has 0 bridgehead atoms. The summed E-state index contributed by atoms with van der Waals surface area (Å²) in [5, 5.41) is 1.16. The molecule has 0 unspecified atom stereocenters. The monoisotopic (exact) mass is 209 g/mol. The molecule has 0 fully saturated rings. The van der Waals surface area contributed by atoms with E-state index in [4.69, 9.17) is 0 Å². The molecule has 2 aromatic rings. The van der Waals surface area contributed by atoms with Crippen LogP contribution in [0.1, 0.15) is 31.0 Å². The first-order chi connectivity index (χ1) is 7.81. The molecule has 0 N–H and O–H groups in total. The highest BCUT2D eigenvalue weighted by molar-refractivity contribution is 5.80. The third kappa shape index (κ3) is 2.23. The van der Waals surface area contributed by atoms with Gasteiger partial charge in [-0.15, -0.1) is 0 Å². The van der Waals surface area contributed by atoms with Crippen LogP contribution in [0.5, 0.6) is 0 Å². The zero-order valence-corrected chi connectivity index (χ0v) is 9.75. The zero-order chi connectivity index (χ0) is 11.4. The Hall–Kier alpha value is -1.81. The molecule has 16 heavy (non-hydrogen) atoms. The fraction of sp³-hybridized carbons (Fsp3) is 0.267. The molecule has 1 aromatic carbocycles. The molecule has 1 heteroatoms. The van der Waals surface area contributed by atoms with Crippen LogP contribution < -0.4 is 0 Å². The molecule has 0 amide bonds. The fourth-order valence-electron chi connectivity index (χ4n) is 1.62. The van der Waals surface area contributed by atoms with Gasteiger partial charge in [0, 0.05) is 17.4 Å². The molecule has 0 aliphatic rings. The maximum atomic E-state index is 4.55. The minimum Gasteiger partial charge on any atom is -0.252 e. The van der Waals surface area contributed by atoms with E-state index in [1.54, 1.807) is 0 Å². The van der Waals surface area contributed by atoms with Crippen molar-refractivity contribution in [1.82, 2.24) is 4.98 Å². The number of pyridine rings is 1. The molecule has 0 spiro atoms. The van der Waals surface area contributed by atoms with Gasteiger partial charge in [0.25, 0.3) is 0 Å². The van der Waals surface area contributed by atoms with Crippen LogP contribution in [0.2, 0.25) is 0 Å². The third-order valence-electron chi connectivity index (χ3n) is 2.51.